The van der Waals surface area contributed by atoms with Crippen molar-refractivity contribution in [2.24, 2.45) is 0 Å². The SMILES string of the molecule is COc1ccc(S(=O)(=O)N2Cc3cc(O)cc(O)c3C2)c(OC)c1. The van der Waals surface area contributed by atoms with Crippen molar-refractivity contribution in [1.29, 1.82) is 0 Å². The van der Waals surface area contributed by atoms with Crippen LogP contribution in [0.4, 0.5) is 0 Å². The molecule has 0 aliphatic carbocycles. The summed E-state index contributed by atoms with van der Waals surface area (Å²) < 4.78 is 37.4. The van der Waals surface area contributed by atoms with Crippen LogP contribution >= 0.6 is 0 Å². The van der Waals surface area contributed by atoms with Gasteiger partial charge < -0.3 is 19.7 Å². The van der Waals surface area contributed by atoms with Gasteiger partial charge in [-0.2, -0.15) is 4.31 Å². The summed E-state index contributed by atoms with van der Waals surface area (Å²) in [6, 6.07) is 7.12. The van der Waals surface area contributed by atoms with Gasteiger partial charge in [0.1, 0.15) is 27.9 Å². The Morgan fingerprint density at radius 3 is 2.46 bits per heavy atom. The molecule has 0 radical (unpaired) electrons. The van der Waals surface area contributed by atoms with E-state index >= 15 is 0 Å². The zero-order chi connectivity index (χ0) is 17.5. The smallest absolute Gasteiger partial charge is 0.247 e. The molecule has 128 valence electrons. The topological polar surface area (TPSA) is 96.3 Å². The van der Waals surface area contributed by atoms with Crippen LogP contribution in [-0.4, -0.2) is 37.2 Å². The number of hydrogen-bond acceptors (Lipinski definition) is 6. The minimum Gasteiger partial charge on any atom is -0.508 e. The molecular formula is C16H17NO6S. The molecule has 0 amide bonds. The third-order valence-corrected chi connectivity index (χ3v) is 5.80. The van der Waals surface area contributed by atoms with Crippen LogP contribution in [0.1, 0.15) is 11.1 Å². The Labute approximate surface area is 139 Å². The van der Waals surface area contributed by atoms with E-state index in [1.54, 1.807) is 6.07 Å². The number of sulfonamides is 1. The second-order valence-electron chi connectivity index (χ2n) is 5.39. The zero-order valence-corrected chi connectivity index (χ0v) is 14.0. The van der Waals surface area contributed by atoms with E-state index in [0.29, 0.717) is 16.9 Å². The van der Waals surface area contributed by atoms with Gasteiger partial charge in [0, 0.05) is 30.8 Å². The van der Waals surface area contributed by atoms with E-state index in [1.807, 2.05) is 0 Å². The van der Waals surface area contributed by atoms with Crippen molar-refractivity contribution < 1.29 is 28.1 Å². The molecule has 0 saturated heterocycles. The number of phenolic OH excluding ortho intramolecular Hbond substituents is 2. The minimum atomic E-state index is -3.84. The number of benzene rings is 2. The lowest BCUT2D eigenvalue weighted by Crippen LogP contribution is -2.26. The third kappa shape index (κ3) is 2.63. The lowest BCUT2D eigenvalue weighted by Gasteiger charge is -2.18. The molecule has 0 saturated carbocycles. The summed E-state index contributed by atoms with van der Waals surface area (Å²) in [5.74, 6) is 0.437. The molecule has 7 nitrogen and oxygen atoms in total. The molecule has 0 fully saturated rings. The minimum absolute atomic E-state index is 0.0160. The number of fused-ring (bicyclic) bond motifs is 1. The quantitative estimate of drug-likeness (QED) is 0.872. The Bertz CT molecular complexity index is 894. The molecule has 0 bridgehead atoms. The van der Waals surface area contributed by atoms with E-state index in [0.717, 1.165) is 0 Å². The Morgan fingerprint density at radius 1 is 1.04 bits per heavy atom. The number of phenols is 2. The van der Waals surface area contributed by atoms with Crippen LogP contribution in [0.5, 0.6) is 23.0 Å². The standard InChI is InChI=1S/C16H17NO6S/c1-22-12-3-4-16(15(7-12)23-2)24(20,21)17-8-10-5-11(18)6-14(19)13(10)9-17/h3-7,18-19H,8-9H2,1-2H3. The monoisotopic (exact) mass is 351 g/mol. The number of hydrogen-bond donors (Lipinski definition) is 2. The van der Waals surface area contributed by atoms with Gasteiger partial charge in [0.05, 0.1) is 14.2 Å². The zero-order valence-electron chi connectivity index (χ0n) is 13.2. The molecule has 2 N–H and O–H groups in total. The van der Waals surface area contributed by atoms with Crippen molar-refractivity contribution in [3.05, 3.63) is 41.5 Å². The van der Waals surface area contributed by atoms with Gasteiger partial charge in [0.2, 0.25) is 10.0 Å². The summed E-state index contributed by atoms with van der Waals surface area (Å²) in [6.45, 7) is 0.0910. The van der Waals surface area contributed by atoms with Gasteiger partial charge in [-0.15, -0.1) is 0 Å². The maximum Gasteiger partial charge on any atom is 0.247 e. The highest BCUT2D eigenvalue weighted by molar-refractivity contribution is 7.89. The van der Waals surface area contributed by atoms with Crippen molar-refractivity contribution in [1.82, 2.24) is 4.31 Å². The fraction of sp³-hybridized carbons (Fsp3) is 0.250. The van der Waals surface area contributed by atoms with Crippen LogP contribution in [0.25, 0.3) is 0 Å². The first-order valence-electron chi connectivity index (χ1n) is 7.12. The van der Waals surface area contributed by atoms with Crippen LogP contribution in [0.2, 0.25) is 0 Å². The lowest BCUT2D eigenvalue weighted by atomic mass is 10.1. The van der Waals surface area contributed by atoms with E-state index < -0.39 is 10.0 Å². The number of nitrogens with zero attached hydrogens (tertiary/aromatic N) is 1. The van der Waals surface area contributed by atoms with Gasteiger partial charge in [-0.1, -0.05) is 0 Å². The molecular weight excluding hydrogens is 334 g/mol. The Kier molecular flexibility index (Phi) is 4.02. The molecule has 2 aromatic carbocycles. The van der Waals surface area contributed by atoms with Gasteiger partial charge in [-0.05, 0) is 23.8 Å². The Balaban J connectivity index is 2.00. The summed E-state index contributed by atoms with van der Waals surface area (Å²) in [5.41, 5.74) is 1.06. The van der Waals surface area contributed by atoms with E-state index in [4.69, 9.17) is 9.47 Å². The van der Waals surface area contributed by atoms with Crippen LogP contribution in [-0.2, 0) is 23.1 Å². The first-order valence-corrected chi connectivity index (χ1v) is 8.56. The van der Waals surface area contributed by atoms with E-state index in [1.165, 1.54) is 42.8 Å². The van der Waals surface area contributed by atoms with Gasteiger partial charge in [0.25, 0.3) is 0 Å². The maximum atomic E-state index is 12.9. The van der Waals surface area contributed by atoms with Crippen molar-refractivity contribution >= 4 is 10.0 Å². The molecule has 1 aliphatic heterocycles. The normalized spacial score (nSPS) is 14.4. The predicted octanol–water partition coefficient (Wildman–Crippen LogP) is 1.82. The first-order chi connectivity index (χ1) is 11.4. The van der Waals surface area contributed by atoms with Crippen LogP contribution in [0.15, 0.2) is 35.2 Å². The molecule has 24 heavy (non-hydrogen) atoms. The molecule has 0 unspecified atom stereocenters. The summed E-state index contributed by atoms with van der Waals surface area (Å²) in [7, 11) is -0.977. The van der Waals surface area contributed by atoms with Gasteiger partial charge in [-0.3, -0.25) is 0 Å². The maximum absolute atomic E-state index is 12.9. The fourth-order valence-corrected chi connectivity index (χ4v) is 4.26. The average molecular weight is 351 g/mol. The number of ether oxygens (including phenoxy) is 2. The molecule has 2 aromatic rings. The molecule has 1 aliphatic rings. The molecule has 0 spiro atoms. The van der Waals surface area contributed by atoms with E-state index in [9.17, 15) is 18.6 Å². The van der Waals surface area contributed by atoms with Crippen LogP contribution < -0.4 is 9.47 Å². The first kappa shape index (κ1) is 16.4. The van der Waals surface area contributed by atoms with Crippen LogP contribution in [0, 0.1) is 0 Å². The fourth-order valence-electron chi connectivity index (χ4n) is 2.74. The second kappa shape index (κ2) is 5.88. The van der Waals surface area contributed by atoms with Crippen molar-refractivity contribution in [3.63, 3.8) is 0 Å². The Morgan fingerprint density at radius 2 is 1.79 bits per heavy atom. The Hall–Kier alpha value is -2.45. The van der Waals surface area contributed by atoms with Crippen molar-refractivity contribution in [2.75, 3.05) is 14.2 Å². The summed E-state index contributed by atoms with van der Waals surface area (Å²) in [5, 5.41) is 19.5. The number of rotatable bonds is 4. The summed E-state index contributed by atoms with van der Waals surface area (Å²) in [4.78, 5) is 0.0160. The summed E-state index contributed by atoms with van der Waals surface area (Å²) >= 11 is 0. The second-order valence-corrected chi connectivity index (χ2v) is 7.30. The molecule has 3 rings (SSSR count). The largest absolute Gasteiger partial charge is 0.508 e. The molecule has 0 aromatic heterocycles. The number of aromatic hydroxyl groups is 2. The lowest BCUT2D eigenvalue weighted by molar-refractivity contribution is 0.380. The highest BCUT2D eigenvalue weighted by Gasteiger charge is 2.34. The van der Waals surface area contributed by atoms with Crippen molar-refractivity contribution in [3.8, 4) is 23.0 Å². The van der Waals surface area contributed by atoms with E-state index in [2.05, 4.69) is 0 Å². The van der Waals surface area contributed by atoms with Gasteiger partial charge >= 0.3 is 0 Å². The third-order valence-electron chi connectivity index (χ3n) is 3.97. The molecule has 0 atom stereocenters. The average Bonchev–Trinajstić information content (AvgIpc) is 2.99. The predicted molar refractivity (Wildman–Crippen MR) is 85.8 cm³/mol. The van der Waals surface area contributed by atoms with E-state index in [-0.39, 0.29) is 35.2 Å². The highest BCUT2D eigenvalue weighted by atomic mass is 32.2. The van der Waals surface area contributed by atoms with Gasteiger partial charge in [-0.25, -0.2) is 8.42 Å². The number of methoxy groups -OCH3 is 2. The highest BCUT2D eigenvalue weighted by Crippen LogP contribution is 2.38. The molecule has 1 heterocycles. The molecule has 8 heteroatoms. The van der Waals surface area contributed by atoms with Crippen LogP contribution in [0.3, 0.4) is 0 Å². The summed E-state index contributed by atoms with van der Waals surface area (Å²) in [6.07, 6.45) is 0. The van der Waals surface area contributed by atoms with Gasteiger partial charge in [0.15, 0.2) is 0 Å². The van der Waals surface area contributed by atoms with Crippen molar-refractivity contribution in [2.45, 2.75) is 18.0 Å².